The number of rotatable bonds is 8. The summed E-state index contributed by atoms with van der Waals surface area (Å²) in [6.45, 7) is 0.801. The molecule has 1 unspecified atom stereocenters. The van der Waals surface area contributed by atoms with Crippen LogP contribution < -0.4 is 5.32 Å². The summed E-state index contributed by atoms with van der Waals surface area (Å²) < 4.78 is 12.3. The Morgan fingerprint density at radius 2 is 1.46 bits per heavy atom. The van der Waals surface area contributed by atoms with Crippen molar-refractivity contribution in [1.82, 2.24) is 5.32 Å². The van der Waals surface area contributed by atoms with Gasteiger partial charge in [-0.2, -0.15) is 0 Å². The van der Waals surface area contributed by atoms with E-state index in [2.05, 4.69) is 5.32 Å². The maximum atomic E-state index is 12.3. The zero-order chi connectivity index (χ0) is 17.6. The van der Waals surface area contributed by atoms with Crippen molar-refractivity contribution in [2.75, 3.05) is 12.7 Å². The first kappa shape index (κ1) is 19.5. The highest BCUT2D eigenvalue weighted by molar-refractivity contribution is 7.57. The van der Waals surface area contributed by atoms with Gasteiger partial charge in [0.2, 0.25) is 7.37 Å². The minimum atomic E-state index is -3.45. The summed E-state index contributed by atoms with van der Waals surface area (Å²) in [7, 11) is -3.45. The molecule has 0 radical (unpaired) electrons. The molecule has 0 spiro atoms. The van der Waals surface area contributed by atoms with Gasteiger partial charge in [0.1, 0.15) is 0 Å². The second-order valence-electron chi connectivity index (χ2n) is 5.72. The molecule has 130 valence electrons. The SMILES string of the molecule is O=P(O)(Cc1ccc(Cl)cc1)C[C@H](O)CNCc1ccc(Cl)cc1. The van der Waals surface area contributed by atoms with Gasteiger partial charge in [0, 0.05) is 29.3 Å². The van der Waals surface area contributed by atoms with Gasteiger partial charge in [-0.3, -0.25) is 4.57 Å². The van der Waals surface area contributed by atoms with Crippen LogP contribution in [0.1, 0.15) is 11.1 Å². The van der Waals surface area contributed by atoms with Crippen LogP contribution in [0.15, 0.2) is 48.5 Å². The Morgan fingerprint density at radius 3 is 2.00 bits per heavy atom. The Balaban J connectivity index is 1.77. The van der Waals surface area contributed by atoms with E-state index < -0.39 is 13.5 Å². The average molecular weight is 388 g/mol. The Hall–Kier alpha value is -0.870. The molecule has 24 heavy (non-hydrogen) atoms. The molecule has 7 heteroatoms. The van der Waals surface area contributed by atoms with Gasteiger partial charge in [0.25, 0.3) is 0 Å². The van der Waals surface area contributed by atoms with Crippen molar-refractivity contribution in [2.24, 2.45) is 0 Å². The van der Waals surface area contributed by atoms with Crippen LogP contribution in [0.4, 0.5) is 0 Å². The van der Waals surface area contributed by atoms with Crippen molar-refractivity contribution < 1.29 is 14.6 Å². The third kappa shape index (κ3) is 6.94. The van der Waals surface area contributed by atoms with E-state index in [9.17, 15) is 14.6 Å². The zero-order valence-corrected chi connectivity index (χ0v) is 15.4. The van der Waals surface area contributed by atoms with Crippen molar-refractivity contribution in [3.63, 3.8) is 0 Å². The number of aliphatic hydroxyl groups is 1. The minimum absolute atomic E-state index is 0.0262. The molecule has 0 saturated carbocycles. The number of nitrogens with one attached hydrogen (secondary N) is 1. The highest BCUT2D eigenvalue weighted by Gasteiger charge is 2.23. The monoisotopic (exact) mass is 387 g/mol. The number of hydrogen-bond donors (Lipinski definition) is 3. The molecule has 0 heterocycles. The molecule has 2 rings (SSSR count). The highest BCUT2D eigenvalue weighted by Crippen LogP contribution is 2.44. The molecule has 3 N–H and O–H groups in total. The van der Waals surface area contributed by atoms with E-state index in [4.69, 9.17) is 23.2 Å². The molecule has 0 bridgehead atoms. The topological polar surface area (TPSA) is 69.6 Å². The van der Waals surface area contributed by atoms with Gasteiger partial charge < -0.3 is 15.3 Å². The van der Waals surface area contributed by atoms with Crippen molar-refractivity contribution in [2.45, 2.75) is 18.8 Å². The summed E-state index contributed by atoms with van der Waals surface area (Å²) in [6, 6.07) is 14.2. The lowest BCUT2D eigenvalue weighted by molar-refractivity contribution is 0.190. The van der Waals surface area contributed by atoms with E-state index in [1.165, 1.54) is 0 Å². The molecule has 0 aliphatic heterocycles. The van der Waals surface area contributed by atoms with E-state index in [0.717, 1.165) is 11.1 Å². The fourth-order valence-corrected chi connectivity index (χ4v) is 4.27. The van der Waals surface area contributed by atoms with Crippen molar-refractivity contribution in [1.29, 1.82) is 0 Å². The van der Waals surface area contributed by atoms with E-state index in [-0.39, 0.29) is 18.9 Å². The van der Waals surface area contributed by atoms with Gasteiger partial charge in [-0.15, -0.1) is 0 Å². The molecular formula is C17H20Cl2NO3P. The number of hydrogen-bond acceptors (Lipinski definition) is 3. The summed E-state index contributed by atoms with van der Waals surface area (Å²) >= 11 is 11.6. The molecule has 0 aliphatic carbocycles. The van der Waals surface area contributed by atoms with Gasteiger partial charge in [-0.25, -0.2) is 0 Å². The van der Waals surface area contributed by atoms with Crippen molar-refractivity contribution >= 4 is 30.6 Å². The Bertz CT molecular complexity index is 692. The molecule has 0 aromatic heterocycles. The fraction of sp³-hybridized carbons (Fsp3) is 0.294. The first-order valence-corrected chi connectivity index (χ1v) is 10.3. The number of aliphatic hydroxyl groups excluding tert-OH is 1. The van der Waals surface area contributed by atoms with E-state index in [1.54, 1.807) is 36.4 Å². The smallest absolute Gasteiger partial charge is 0.207 e. The van der Waals surface area contributed by atoms with Crippen LogP contribution >= 0.6 is 30.6 Å². The van der Waals surface area contributed by atoms with Crippen LogP contribution in [-0.2, 0) is 17.3 Å². The first-order chi connectivity index (χ1) is 11.3. The quantitative estimate of drug-likeness (QED) is 0.600. The van der Waals surface area contributed by atoms with Gasteiger partial charge in [0.15, 0.2) is 0 Å². The molecule has 2 atom stereocenters. The second kappa shape index (κ2) is 9.00. The van der Waals surface area contributed by atoms with E-state index in [1.807, 2.05) is 12.1 Å². The van der Waals surface area contributed by atoms with Gasteiger partial charge >= 0.3 is 0 Å². The predicted octanol–water partition coefficient (Wildman–Crippen LogP) is 3.91. The molecule has 0 saturated heterocycles. The standard InChI is InChI=1S/C17H20Cl2NO3P/c18-15-5-1-13(2-6-15)9-20-10-17(21)12-24(22,23)11-14-3-7-16(19)8-4-14/h1-8,17,20-21H,9-12H2,(H,22,23)/t17-/m1/s1. The van der Waals surface area contributed by atoms with Crippen LogP contribution in [0.25, 0.3) is 0 Å². The zero-order valence-electron chi connectivity index (χ0n) is 13.0. The third-order valence-electron chi connectivity index (χ3n) is 3.46. The Morgan fingerprint density at radius 1 is 0.958 bits per heavy atom. The lowest BCUT2D eigenvalue weighted by Gasteiger charge is -2.17. The maximum Gasteiger partial charge on any atom is 0.207 e. The largest absolute Gasteiger partial charge is 0.391 e. The summed E-state index contributed by atoms with van der Waals surface area (Å²) in [5, 5.41) is 14.3. The molecule has 2 aromatic rings. The molecular weight excluding hydrogens is 368 g/mol. The lowest BCUT2D eigenvalue weighted by Crippen LogP contribution is -2.29. The summed E-state index contributed by atoms with van der Waals surface area (Å²) in [5.74, 6) is 0. The second-order valence-corrected chi connectivity index (χ2v) is 8.97. The molecule has 0 fully saturated rings. The van der Waals surface area contributed by atoms with Crippen LogP contribution in [0.3, 0.4) is 0 Å². The fourth-order valence-electron chi connectivity index (χ4n) is 2.32. The summed E-state index contributed by atoms with van der Waals surface area (Å²) in [6.07, 6.45) is -1.01. The lowest BCUT2D eigenvalue weighted by atomic mass is 10.2. The van der Waals surface area contributed by atoms with E-state index in [0.29, 0.717) is 16.6 Å². The van der Waals surface area contributed by atoms with Gasteiger partial charge in [0.05, 0.1) is 12.3 Å². The highest BCUT2D eigenvalue weighted by atomic mass is 35.5. The van der Waals surface area contributed by atoms with E-state index >= 15 is 0 Å². The number of halogens is 2. The van der Waals surface area contributed by atoms with Gasteiger partial charge in [-0.05, 0) is 35.4 Å². The predicted molar refractivity (Wildman–Crippen MR) is 99.0 cm³/mol. The Kier molecular flexibility index (Phi) is 7.30. The van der Waals surface area contributed by atoms with Crippen LogP contribution in [0.5, 0.6) is 0 Å². The normalized spacial score (nSPS) is 15.0. The maximum absolute atomic E-state index is 12.3. The molecule has 0 amide bonds. The van der Waals surface area contributed by atoms with Crippen LogP contribution in [0.2, 0.25) is 10.0 Å². The summed E-state index contributed by atoms with van der Waals surface area (Å²) in [5.41, 5.74) is 1.76. The van der Waals surface area contributed by atoms with Crippen LogP contribution in [-0.4, -0.2) is 28.8 Å². The Labute approximate surface area is 151 Å². The van der Waals surface area contributed by atoms with Crippen LogP contribution in [0, 0.1) is 0 Å². The molecule has 4 nitrogen and oxygen atoms in total. The third-order valence-corrected chi connectivity index (χ3v) is 5.82. The number of benzene rings is 2. The van der Waals surface area contributed by atoms with Gasteiger partial charge in [-0.1, -0.05) is 47.5 Å². The van der Waals surface area contributed by atoms with Crippen molar-refractivity contribution in [3.05, 3.63) is 69.7 Å². The molecule has 0 aliphatic rings. The van der Waals surface area contributed by atoms with Crippen molar-refractivity contribution in [3.8, 4) is 0 Å². The summed E-state index contributed by atoms with van der Waals surface area (Å²) in [4.78, 5) is 10.1. The first-order valence-electron chi connectivity index (χ1n) is 7.52. The minimum Gasteiger partial charge on any atom is -0.391 e. The average Bonchev–Trinajstić information content (AvgIpc) is 2.51. The molecule has 2 aromatic carbocycles.